The topological polar surface area (TPSA) is 73.9 Å². The molecule has 0 unspecified atom stereocenters. The summed E-state index contributed by atoms with van der Waals surface area (Å²) in [6, 6.07) is 15.8. The van der Waals surface area contributed by atoms with E-state index in [-0.39, 0.29) is 27.1 Å². The summed E-state index contributed by atoms with van der Waals surface area (Å²) < 4.78 is 5.55. The lowest BCUT2D eigenvalue weighted by molar-refractivity contribution is 0.509. The standard InChI is InChI=1S/C17H8Cl2N2O2/c18-13-6-7-15(22)16(8-14(13)19)23-17(12(9-20)10-21)11-4-2-1-3-5-11/h1-8H. The molecule has 0 heterocycles. The summed E-state index contributed by atoms with van der Waals surface area (Å²) in [6.45, 7) is 0. The first-order valence-electron chi connectivity index (χ1n) is 6.34. The van der Waals surface area contributed by atoms with Crippen molar-refractivity contribution in [3.63, 3.8) is 0 Å². The van der Waals surface area contributed by atoms with Gasteiger partial charge in [0.05, 0.1) is 10.0 Å². The summed E-state index contributed by atoms with van der Waals surface area (Å²) in [5, 5.41) is 18.5. The number of hydrogen-bond acceptors (Lipinski definition) is 4. The molecule has 0 fully saturated rings. The van der Waals surface area contributed by atoms with Crippen LogP contribution in [0.2, 0.25) is 10.0 Å². The van der Waals surface area contributed by atoms with Crippen molar-refractivity contribution < 1.29 is 4.74 Å². The Morgan fingerprint density at radius 2 is 1.61 bits per heavy atom. The summed E-state index contributed by atoms with van der Waals surface area (Å²) in [7, 11) is 0. The van der Waals surface area contributed by atoms with Gasteiger partial charge in [0.2, 0.25) is 5.43 Å². The Morgan fingerprint density at radius 3 is 2.22 bits per heavy atom. The number of nitriles is 2. The molecule has 0 atom stereocenters. The average molecular weight is 343 g/mol. The predicted molar refractivity (Wildman–Crippen MR) is 87.9 cm³/mol. The van der Waals surface area contributed by atoms with Crippen LogP contribution >= 0.6 is 23.2 Å². The number of hydrogen-bond donors (Lipinski definition) is 0. The van der Waals surface area contributed by atoms with Crippen molar-refractivity contribution in [1.29, 1.82) is 10.5 Å². The smallest absolute Gasteiger partial charge is 0.221 e. The second-order valence-corrected chi connectivity index (χ2v) is 5.11. The highest BCUT2D eigenvalue weighted by atomic mass is 35.5. The van der Waals surface area contributed by atoms with Crippen molar-refractivity contribution in [1.82, 2.24) is 0 Å². The number of nitrogens with zero attached hydrogens (tertiary/aromatic N) is 2. The van der Waals surface area contributed by atoms with Gasteiger partial charge in [-0.3, -0.25) is 4.79 Å². The SMILES string of the molecule is N#CC(C#N)=C(Oc1cc(Cl)c(Cl)ccc1=O)c1ccccc1. The number of rotatable bonds is 3. The van der Waals surface area contributed by atoms with Crippen molar-refractivity contribution in [2.75, 3.05) is 0 Å². The minimum atomic E-state index is -0.484. The van der Waals surface area contributed by atoms with Gasteiger partial charge in [0.1, 0.15) is 12.1 Å². The molecule has 2 aromatic carbocycles. The Labute approximate surface area is 142 Å². The van der Waals surface area contributed by atoms with Crippen molar-refractivity contribution in [2.45, 2.75) is 0 Å². The van der Waals surface area contributed by atoms with Crippen molar-refractivity contribution in [2.24, 2.45) is 0 Å². The fourth-order valence-corrected chi connectivity index (χ4v) is 2.01. The van der Waals surface area contributed by atoms with E-state index in [9.17, 15) is 4.79 Å². The van der Waals surface area contributed by atoms with Gasteiger partial charge in [-0.25, -0.2) is 0 Å². The molecule has 0 aromatic heterocycles. The lowest BCUT2D eigenvalue weighted by Crippen LogP contribution is -2.06. The molecule has 0 radical (unpaired) electrons. The second-order valence-electron chi connectivity index (χ2n) is 4.30. The van der Waals surface area contributed by atoms with Crippen LogP contribution in [0.15, 0.2) is 58.9 Å². The largest absolute Gasteiger partial charge is 0.450 e. The van der Waals surface area contributed by atoms with Crippen molar-refractivity contribution in [3.05, 3.63) is 79.9 Å². The Hall–Kier alpha value is -2.79. The monoisotopic (exact) mass is 342 g/mol. The predicted octanol–water partition coefficient (Wildman–Crippen LogP) is 4.19. The van der Waals surface area contributed by atoms with E-state index in [1.54, 1.807) is 42.5 Å². The van der Waals surface area contributed by atoms with Gasteiger partial charge in [-0.15, -0.1) is 0 Å². The van der Waals surface area contributed by atoms with Crippen LogP contribution in [0.5, 0.6) is 5.75 Å². The van der Waals surface area contributed by atoms with E-state index in [0.29, 0.717) is 5.56 Å². The van der Waals surface area contributed by atoms with Gasteiger partial charge in [0, 0.05) is 11.6 Å². The molecule has 0 saturated carbocycles. The highest BCUT2D eigenvalue weighted by molar-refractivity contribution is 6.41. The van der Waals surface area contributed by atoms with E-state index in [0.717, 1.165) is 0 Å². The summed E-state index contributed by atoms with van der Waals surface area (Å²) in [5.41, 5.74) is -0.259. The summed E-state index contributed by atoms with van der Waals surface area (Å²) >= 11 is 11.8. The molecule has 0 N–H and O–H groups in total. The van der Waals surface area contributed by atoms with Gasteiger partial charge >= 0.3 is 0 Å². The maximum atomic E-state index is 12.1. The average Bonchev–Trinajstić information content (AvgIpc) is 2.69. The molecule has 23 heavy (non-hydrogen) atoms. The lowest BCUT2D eigenvalue weighted by atomic mass is 10.1. The first kappa shape index (κ1) is 16.6. The second kappa shape index (κ2) is 7.47. The fraction of sp³-hybridized carbons (Fsp3) is 0. The van der Waals surface area contributed by atoms with E-state index in [2.05, 4.69) is 0 Å². The molecule has 4 nitrogen and oxygen atoms in total. The first-order valence-corrected chi connectivity index (χ1v) is 7.09. The molecule has 2 aromatic rings. The molecule has 0 saturated heterocycles. The molecule has 112 valence electrons. The van der Waals surface area contributed by atoms with Gasteiger partial charge in [-0.1, -0.05) is 53.5 Å². The van der Waals surface area contributed by atoms with E-state index < -0.39 is 5.43 Å². The van der Waals surface area contributed by atoms with Crippen LogP contribution < -0.4 is 10.2 Å². The van der Waals surface area contributed by atoms with E-state index in [1.807, 2.05) is 0 Å². The zero-order chi connectivity index (χ0) is 16.8. The summed E-state index contributed by atoms with van der Waals surface area (Å²) in [6.07, 6.45) is 0. The maximum Gasteiger partial charge on any atom is 0.221 e. The summed E-state index contributed by atoms with van der Waals surface area (Å²) in [4.78, 5) is 12.1. The molecular weight excluding hydrogens is 335 g/mol. The van der Waals surface area contributed by atoms with Gasteiger partial charge in [-0.2, -0.15) is 10.5 Å². The van der Waals surface area contributed by atoms with E-state index in [4.69, 9.17) is 38.5 Å². The first-order chi connectivity index (χ1) is 11.1. The van der Waals surface area contributed by atoms with Crippen LogP contribution in [0.3, 0.4) is 0 Å². The fourth-order valence-electron chi connectivity index (χ4n) is 1.73. The third-order valence-corrected chi connectivity index (χ3v) is 3.55. The highest BCUT2D eigenvalue weighted by Crippen LogP contribution is 2.26. The van der Waals surface area contributed by atoms with Crippen LogP contribution in [-0.4, -0.2) is 0 Å². The minimum Gasteiger partial charge on any atom is -0.450 e. The molecule has 0 aliphatic carbocycles. The normalized spacial score (nSPS) is 9.39. The number of halogens is 2. The third kappa shape index (κ3) is 3.90. The van der Waals surface area contributed by atoms with Gasteiger partial charge in [-0.05, 0) is 12.1 Å². The Morgan fingerprint density at radius 1 is 0.957 bits per heavy atom. The highest BCUT2D eigenvalue weighted by Gasteiger charge is 2.14. The molecule has 2 rings (SSSR count). The zero-order valence-electron chi connectivity index (χ0n) is 11.6. The van der Waals surface area contributed by atoms with Gasteiger partial charge < -0.3 is 4.74 Å². The zero-order valence-corrected chi connectivity index (χ0v) is 13.1. The van der Waals surface area contributed by atoms with Crippen LogP contribution in [0.1, 0.15) is 5.56 Å². The van der Waals surface area contributed by atoms with Crippen LogP contribution in [-0.2, 0) is 0 Å². The number of allylic oxidation sites excluding steroid dienone is 1. The van der Waals surface area contributed by atoms with Crippen LogP contribution in [0.25, 0.3) is 5.76 Å². The molecular formula is C17H8Cl2N2O2. The molecule has 0 bridgehead atoms. The number of benzene rings is 1. The molecule has 0 aliphatic heterocycles. The quantitative estimate of drug-likeness (QED) is 0.619. The molecule has 6 heteroatoms. The van der Waals surface area contributed by atoms with Crippen molar-refractivity contribution >= 4 is 29.0 Å². The molecule has 0 amide bonds. The van der Waals surface area contributed by atoms with E-state index in [1.165, 1.54) is 18.2 Å². The van der Waals surface area contributed by atoms with Crippen LogP contribution in [0, 0.1) is 22.7 Å². The van der Waals surface area contributed by atoms with Crippen LogP contribution in [0.4, 0.5) is 0 Å². The maximum absolute atomic E-state index is 12.1. The Kier molecular flexibility index (Phi) is 5.38. The Bertz CT molecular complexity index is 894. The molecule has 0 spiro atoms. The third-order valence-electron chi connectivity index (χ3n) is 2.81. The Balaban J connectivity index is 2.63. The minimum absolute atomic E-state index is 0.0221. The molecule has 0 aliphatic rings. The van der Waals surface area contributed by atoms with Crippen molar-refractivity contribution in [3.8, 4) is 17.9 Å². The lowest BCUT2D eigenvalue weighted by Gasteiger charge is -2.09. The number of ether oxygens (including phenoxy) is 1. The summed E-state index contributed by atoms with van der Waals surface area (Å²) in [5.74, 6) is -0.158. The van der Waals surface area contributed by atoms with Gasteiger partial charge in [0.25, 0.3) is 0 Å². The van der Waals surface area contributed by atoms with E-state index >= 15 is 0 Å². The van der Waals surface area contributed by atoms with Gasteiger partial charge in [0.15, 0.2) is 17.1 Å².